The van der Waals surface area contributed by atoms with Gasteiger partial charge in [0, 0.05) is 17.3 Å². The molecule has 0 radical (unpaired) electrons. The molecule has 0 spiro atoms. The van der Waals surface area contributed by atoms with Gasteiger partial charge in [0.15, 0.2) is 5.78 Å². The van der Waals surface area contributed by atoms with E-state index in [4.69, 9.17) is 4.74 Å². The first-order valence-corrected chi connectivity index (χ1v) is 6.03. The minimum absolute atomic E-state index is 0.156. The number of carbonyl (C=O) groups excluding carboxylic acids is 2. The molecule has 0 unspecified atom stereocenters. The summed E-state index contributed by atoms with van der Waals surface area (Å²) >= 11 is 0. The number of aromatic nitrogens is 1. The highest BCUT2D eigenvalue weighted by molar-refractivity contribution is 6.11. The number of hydrogen-bond acceptors (Lipinski definition) is 4. The van der Waals surface area contributed by atoms with Crippen molar-refractivity contribution in [2.75, 3.05) is 14.2 Å². The molecule has 0 amide bonds. The Kier molecular flexibility index (Phi) is 3.89. The Morgan fingerprint density at radius 3 is 2.30 bits per heavy atom. The number of methoxy groups -OCH3 is 2. The topological polar surface area (TPSA) is 68.4 Å². The van der Waals surface area contributed by atoms with E-state index in [1.54, 1.807) is 38.3 Å². The predicted molar refractivity (Wildman–Crippen MR) is 73.3 cm³/mol. The van der Waals surface area contributed by atoms with Gasteiger partial charge in [-0.3, -0.25) is 4.79 Å². The lowest BCUT2D eigenvalue weighted by molar-refractivity contribution is 0.0594. The summed E-state index contributed by atoms with van der Waals surface area (Å²) < 4.78 is 9.70. The van der Waals surface area contributed by atoms with Gasteiger partial charge in [-0.25, -0.2) is 4.79 Å². The van der Waals surface area contributed by atoms with Crippen molar-refractivity contribution in [2.45, 2.75) is 6.92 Å². The average molecular weight is 273 g/mol. The second-order valence-corrected chi connectivity index (χ2v) is 4.25. The van der Waals surface area contributed by atoms with Crippen molar-refractivity contribution < 1.29 is 19.1 Å². The van der Waals surface area contributed by atoms with E-state index in [0.717, 1.165) is 0 Å². The third kappa shape index (κ3) is 2.42. The number of aromatic amines is 1. The van der Waals surface area contributed by atoms with Crippen molar-refractivity contribution in [1.82, 2.24) is 4.98 Å². The van der Waals surface area contributed by atoms with Crippen LogP contribution >= 0.6 is 0 Å². The van der Waals surface area contributed by atoms with Gasteiger partial charge in [0.2, 0.25) is 0 Å². The molecular formula is C15H15NO4. The van der Waals surface area contributed by atoms with Crippen LogP contribution in [0.3, 0.4) is 0 Å². The Bertz CT molecular complexity index is 640. The zero-order valence-corrected chi connectivity index (χ0v) is 11.5. The molecule has 5 heteroatoms. The van der Waals surface area contributed by atoms with Gasteiger partial charge in [0.25, 0.3) is 0 Å². The monoisotopic (exact) mass is 273 g/mol. The summed E-state index contributed by atoms with van der Waals surface area (Å²) in [5.41, 5.74) is 1.86. The highest BCUT2D eigenvalue weighted by Gasteiger charge is 2.19. The molecule has 2 aromatic rings. The summed E-state index contributed by atoms with van der Waals surface area (Å²) in [5, 5.41) is 0. The fraction of sp³-hybridized carbons (Fsp3) is 0.200. The van der Waals surface area contributed by atoms with Crippen LogP contribution in [0, 0.1) is 6.92 Å². The molecule has 104 valence electrons. The SMILES string of the molecule is COC(=O)c1[nH]cc(C(=O)c2ccc(OC)cc2)c1C. The summed E-state index contributed by atoms with van der Waals surface area (Å²) in [6.45, 7) is 1.71. The number of rotatable bonds is 4. The molecular weight excluding hydrogens is 258 g/mol. The average Bonchev–Trinajstić information content (AvgIpc) is 2.87. The van der Waals surface area contributed by atoms with E-state index >= 15 is 0 Å². The van der Waals surface area contributed by atoms with Gasteiger partial charge in [-0.1, -0.05) is 0 Å². The van der Waals surface area contributed by atoms with Gasteiger partial charge in [-0.15, -0.1) is 0 Å². The fourth-order valence-electron chi connectivity index (χ4n) is 1.94. The number of ketones is 1. The highest BCUT2D eigenvalue weighted by atomic mass is 16.5. The maximum Gasteiger partial charge on any atom is 0.354 e. The summed E-state index contributed by atoms with van der Waals surface area (Å²) in [6, 6.07) is 6.81. The molecule has 0 fully saturated rings. The Morgan fingerprint density at radius 1 is 1.10 bits per heavy atom. The Morgan fingerprint density at radius 2 is 1.75 bits per heavy atom. The van der Waals surface area contributed by atoms with E-state index in [1.807, 2.05) is 0 Å². The summed E-state index contributed by atoms with van der Waals surface area (Å²) in [6.07, 6.45) is 1.52. The molecule has 0 aliphatic heterocycles. The molecule has 0 bridgehead atoms. The standard InChI is InChI=1S/C15H15NO4/c1-9-12(8-16-13(9)15(18)20-3)14(17)10-4-6-11(19-2)7-5-10/h4-8,16H,1-3H3. The first kappa shape index (κ1) is 13.9. The molecule has 0 saturated heterocycles. The number of carbonyl (C=O) groups is 2. The molecule has 0 saturated carbocycles. The molecule has 20 heavy (non-hydrogen) atoms. The Hall–Kier alpha value is -2.56. The molecule has 1 aromatic heterocycles. The molecule has 0 aliphatic carbocycles. The molecule has 0 atom stereocenters. The lowest BCUT2D eigenvalue weighted by Gasteiger charge is -2.03. The minimum Gasteiger partial charge on any atom is -0.497 e. The van der Waals surface area contributed by atoms with Gasteiger partial charge >= 0.3 is 5.97 Å². The van der Waals surface area contributed by atoms with Gasteiger partial charge in [-0.2, -0.15) is 0 Å². The number of benzene rings is 1. The Labute approximate surface area is 116 Å². The second-order valence-electron chi connectivity index (χ2n) is 4.25. The first-order valence-electron chi connectivity index (χ1n) is 6.03. The normalized spacial score (nSPS) is 10.2. The minimum atomic E-state index is -0.490. The van der Waals surface area contributed by atoms with Gasteiger partial charge in [0.05, 0.1) is 14.2 Å². The van der Waals surface area contributed by atoms with Gasteiger partial charge in [-0.05, 0) is 36.8 Å². The van der Waals surface area contributed by atoms with Crippen LogP contribution in [0.4, 0.5) is 0 Å². The van der Waals surface area contributed by atoms with Crippen LogP contribution in [0.5, 0.6) is 5.75 Å². The lowest BCUT2D eigenvalue weighted by atomic mass is 10.0. The first-order chi connectivity index (χ1) is 9.58. The summed E-state index contributed by atoms with van der Waals surface area (Å²) in [4.78, 5) is 26.7. The molecule has 5 nitrogen and oxygen atoms in total. The third-order valence-corrected chi connectivity index (χ3v) is 3.13. The van der Waals surface area contributed by atoms with Crippen LogP contribution in [0.1, 0.15) is 32.0 Å². The molecule has 1 aromatic carbocycles. The smallest absolute Gasteiger partial charge is 0.354 e. The third-order valence-electron chi connectivity index (χ3n) is 3.13. The second kappa shape index (κ2) is 5.61. The number of esters is 1. The fourth-order valence-corrected chi connectivity index (χ4v) is 1.94. The van der Waals surface area contributed by atoms with Gasteiger partial charge in [0.1, 0.15) is 11.4 Å². The van der Waals surface area contributed by atoms with E-state index in [-0.39, 0.29) is 5.78 Å². The van der Waals surface area contributed by atoms with Crippen molar-refractivity contribution in [3.05, 3.63) is 52.8 Å². The van der Waals surface area contributed by atoms with Crippen LogP contribution in [0.25, 0.3) is 0 Å². The largest absolute Gasteiger partial charge is 0.497 e. The summed E-state index contributed by atoms with van der Waals surface area (Å²) in [7, 11) is 2.86. The number of ether oxygens (including phenoxy) is 2. The van der Waals surface area contributed by atoms with Crippen molar-refractivity contribution in [3.8, 4) is 5.75 Å². The van der Waals surface area contributed by atoms with E-state index in [2.05, 4.69) is 9.72 Å². The van der Waals surface area contributed by atoms with Crippen LogP contribution < -0.4 is 4.74 Å². The van der Waals surface area contributed by atoms with E-state index in [9.17, 15) is 9.59 Å². The van der Waals surface area contributed by atoms with Crippen molar-refractivity contribution in [2.24, 2.45) is 0 Å². The lowest BCUT2D eigenvalue weighted by Crippen LogP contribution is -2.06. The van der Waals surface area contributed by atoms with Crippen molar-refractivity contribution in [3.63, 3.8) is 0 Å². The molecule has 1 heterocycles. The van der Waals surface area contributed by atoms with Crippen LogP contribution in [-0.2, 0) is 4.74 Å². The highest BCUT2D eigenvalue weighted by Crippen LogP contribution is 2.19. The quantitative estimate of drug-likeness (QED) is 0.685. The zero-order valence-electron chi connectivity index (χ0n) is 11.5. The predicted octanol–water partition coefficient (Wildman–Crippen LogP) is 2.35. The van der Waals surface area contributed by atoms with Gasteiger partial charge < -0.3 is 14.5 Å². The zero-order chi connectivity index (χ0) is 14.7. The maximum absolute atomic E-state index is 12.4. The number of nitrogens with one attached hydrogen (secondary N) is 1. The van der Waals surface area contributed by atoms with E-state index in [1.165, 1.54) is 13.3 Å². The number of hydrogen-bond donors (Lipinski definition) is 1. The van der Waals surface area contributed by atoms with Crippen molar-refractivity contribution >= 4 is 11.8 Å². The van der Waals surface area contributed by atoms with Crippen LogP contribution in [0.15, 0.2) is 30.5 Å². The molecule has 2 rings (SSSR count). The van der Waals surface area contributed by atoms with E-state index in [0.29, 0.717) is 28.1 Å². The maximum atomic E-state index is 12.4. The van der Waals surface area contributed by atoms with Crippen molar-refractivity contribution in [1.29, 1.82) is 0 Å². The van der Waals surface area contributed by atoms with E-state index < -0.39 is 5.97 Å². The number of H-pyrrole nitrogens is 1. The molecule has 1 N–H and O–H groups in total. The van der Waals surface area contributed by atoms with Crippen LogP contribution in [-0.4, -0.2) is 31.0 Å². The molecule has 0 aliphatic rings. The Balaban J connectivity index is 2.33. The summed E-state index contributed by atoms with van der Waals surface area (Å²) in [5.74, 6) is 0.0374. The van der Waals surface area contributed by atoms with Crippen LogP contribution in [0.2, 0.25) is 0 Å².